The molecule has 1 amide bonds. The van der Waals surface area contributed by atoms with Crippen molar-refractivity contribution in [1.82, 2.24) is 9.62 Å². The second kappa shape index (κ2) is 9.54. The first kappa shape index (κ1) is 21.5. The summed E-state index contributed by atoms with van der Waals surface area (Å²) in [6, 6.07) is 11.5. The zero-order chi connectivity index (χ0) is 21.6. The monoisotopic (exact) mass is 427 g/mol. The highest BCUT2D eigenvalue weighted by Gasteiger charge is 2.26. The number of benzene rings is 1. The van der Waals surface area contributed by atoms with E-state index in [-0.39, 0.29) is 17.0 Å². The Hall–Kier alpha value is -3.19. The van der Waals surface area contributed by atoms with Gasteiger partial charge in [0.15, 0.2) is 0 Å². The average molecular weight is 427 g/mol. The summed E-state index contributed by atoms with van der Waals surface area (Å²) >= 11 is 0. The lowest BCUT2D eigenvalue weighted by molar-refractivity contribution is -0.116. The summed E-state index contributed by atoms with van der Waals surface area (Å²) in [7, 11) is -3.57. The number of furan rings is 1. The van der Waals surface area contributed by atoms with E-state index < -0.39 is 15.9 Å². The Labute approximate surface area is 175 Å². The molecule has 0 aliphatic carbocycles. The first-order valence-corrected chi connectivity index (χ1v) is 10.7. The molecule has 1 aromatic carbocycles. The maximum Gasteiger partial charge on any atom is 0.262 e. The third-order valence-electron chi connectivity index (χ3n) is 4.43. The molecule has 1 fully saturated rings. The fraction of sp³-hybridized carbons (Fsp3) is 0.238. The Morgan fingerprint density at radius 1 is 1.20 bits per heavy atom. The minimum Gasteiger partial charge on any atom is -0.457 e. The van der Waals surface area contributed by atoms with Crippen molar-refractivity contribution in [2.75, 3.05) is 32.8 Å². The molecule has 9 heteroatoms. The number of rotatable bonds is 7. The lowest BCUT2D eigenvalue weighted by Gasteiger charge is -2.26. The number of morpholine rings is 1. The molecule has 1 aliphatic rings. The molecule has 1 saturated heterocycles. The third kappa shape index (κ3) is 4.86. The predicted molar refractivity (Wildman–Crippen MR) is 111 cm³/mol. The van der Waals surface area contributed by atoms with Crippen molar-refractivity contribution in [2.45, 2.75) is 4.90 Å². The number of hydrogen-bond donors (Lipinski definition) is 1. The smallest absolute Gasteiger partial charge is 0.262 e. The quantitative estimate of drug-likeness (QED) is 0.412. The van der Waals surface area contributed by atoms with E-state index in [0.717, 1.165) is 0 Å². The van der Waals surface area contributed by atoms with Crippen LogP contribution in [0.1, 0.15) is 5.76 Å². The van der Waals surface area contributed by atoms with Crippen molar-refractivity contribution in [1.29, 1.82) is 5.26 Å². The van der Waals surface area contributed by atoms with Gasteiger partial charge in [-0.05, 0) is 36.4 Å². The van der Waals surface area contributed by atoms with Gasteiger partial charge in [0.1, 0.15) is 23.2 Å². The fourth-order valence-electron chi connectivity index (χ4n) is 2.86. The van der Waals surface area contributed by atoms with Crippen LogP contribution in [0.2, 0.25) is 0 Å². The number of carbonyl (C=O) groups excluding carboxylic acids is 1. The summed E-state index contributed by atoms with van der Waals surface area (Å²) < 4.78 is 37.7. The van der Waals surface area contributed by atoms with Crippen LogP contribution in [0, 0.1) is 11.3 Å². The topological polar surface area (TPSA) is 113 Å². The molecule has 0 radical (unpaired) electrons. The maximum absolute atomic E-state index is 12.7. The lowest BCUT2D eigenvalue weighted by atomic mass is 10.2. The van der Waals surface area contributed by atoms with Crippen LogP contribution in [0.5, 0.6) is 0 Å². The number of nitriles is 1. The molecule has 3 rings (SSSR count). The van der Waals surface area contributed by atoms with Gasteiger partial charge in [-0.25, -0.2) is 8.42 Å². The van der Waals surface area contributed by atoms with E-state index in [0.29, 0.717) is 43.4 Å². The highest BCUT2D eigenvalue weighted by atomic mass is 32.2. The third-order valence-corrected chi connectivity index (χ3v) is 6.34. The minimum absolute atomic E-state index is 0.0929. The summed E-state index contributed by atoms with van der Waals surface area (Å²) in [5.41, 5.74) is 0.579. The summed E-state index contributed by atoms with van der Waals surface area (Å²) in [6.07, 6.45) is 2.86. The maximum atomic E-state index is 12.7. The lowest BCUT2D eigenvalue weighted by Crippen LogP contribution is -2.40. The van der Waals surface area contributed by atoms with Crippen LogP contribution in [0.15, 0.2) is 63.9 Å². The number of sulfonamides is 1. The first-order chi connectivity index (χ1) is 14.5. The van der Waals surface area contributed by atoms with Gasteiger partial charge in [0.25, 0.3) is 5.91 Å². The van der Waals surface area contributed by atoms with Gasteiger partial charge in [-0.2, -0.15) is 9.57 Å². The van der Waals surface area contributed by atoms with E-state index in [1.807, 2.05) is 6.07 Å². The molecule has 0 bridgehead atoms. The molecule has 156 valence electrons. The average Bonchev–Trinajstić information content (AvgIpc) is 3.25. The van der Waals surface area contributed by atoms with Gasteiger partial charge in [0.2, 0.25) is 10.0 Å². The van der Waals surface area contributed by atoms with Crippen LogP contribution in [-0.4, -0.2) is 51.5 Å². The summed E-state index contributed by atoms with van der Waals surface area (Å²) in [5, 5.41) is 11.7. The van der Waals surface area contributed by atoms with Crippen molar-refractivity contribution in [2.24, 2.45) is 0 Å². The largest absolute Gasteiger partial charge is 0.457 e. The Morgan fingerprint density at radius 2 is 1.90 bits per heavy atom. The number of ether oxygens (including phenoxy) is 1. The van der Waals surface area contributed by atoms with E-state index in [1.165, 1.54) is 28.6 Å². The van der Waals surface area contributed by atoms with E-state index in [4.69, 9.17) is 9.15 Å². The molecule has 8 nitrogen and oxygen atoms in total. The predicted octanol–water partition coefficient (Wildman–Crippen LogP) is 2.18. The summed E-state index contributed by atoms with van der Waals surface area (Å²) in [5.74, 6) is 0.300. The first-order valence-electron chi connectivity index (χ1n) is 9.25. The molecule has 1 aliphatic heterocycles. The van der Waals surface area contributed by atoms with Crippen molar-refractivity contribution in [3.8, 4) is 17.4 Å². The van der Waals surface area contributed by atoms with Gasteiger partial charge < -0.3 is 14.5 Å². The summed E-state index contributed by atoms with van der Waals surface area (Å²) in [6.45, 7) is 5.19. The Morgan fingerprint density at radius 3 is 2.53 bits per heavy atom. The van der Waals surface area contributed by atoms with Crippen molar-refractivity contribution < 1.29 is 22.4 Å². The van der Waals surface area contributed by atoms with Crippen molar-refractivity contribution in [3.05, 3.63) is 60.4 Å². The van der Waals surface area contributed by atoms with Gasteiger partial charge in [-0.1, -0.05) is 6.08 Å². The standard InChI is InChI=1S/C21H21N3O5S/c1-2-9-23-21(25)17(15-22)14-18-5-8-20(29-18)16-3-6-19(7-4-16)30(26,27)24-10-12-28-13-11-24/h2-8,14H,1,9-13H2,(H,23,25). The molecule has 2 heterocycles. The molecular weight excluding hydrogens is 406 g/mol. The second-order valence-electron chi connectivity index (χ2n) is 6.41. The van der Waals surface area contributed by atoms with Gasteiger partial charge in [0.05, 0.1) is 18.1 Å². The number of amides is 1. The second-order valence-corrected chi connectivity index (χ2v) is 8.35. The van der Waals surface area contributed by atoms with E-state index >= 15 is 0 Å². The molecule has 0 atom stereocenters. The number of nitrogens with one attached hydrogen (secondary N) is 1. The van der Waals surface area contributed by atoms with Crippen LogP contribution in [0.4, 0.5) is 0 Å². The van der Waals surface area contributed by atoms with Gasteiger partial charge in [0, 0.05) is 31.3 Å². The molecule has 1 N–H and O–H groups in total. The zero-order valence-electron chi connectivity index (χ0n) is 16.2. The normalized spacial score (nSPS) is 15.4. The van der Waals surface area contributed by atoms with Gasteiger partial charge in [-0.15, -0.1) is 6.58 Å². The molecule has 30 heavy (non-hydrogen) atoms. The van der Waals surface area contributed by atoms with Crippen LogP contribution in [-0.2, 0) is 19.6 Å². The summed E-state index contributed by atoms with van der Waals surface area (Å²) in [4.78, 5) is 12.1. The Kier molecular flexibility index (Phi) is 6.84. The number of carbonyl (C=O) groups is 1. The van der Waals surface area contributed by atoms with Crippen LogP contribution < -0.4 is 5.32 Å². The SMILES string of the molecule is C=CCNC(=O)C(C#N)=Cc1ccc(-c2ccc(S(=O)(=O)N3CCOCC3)cc2)o1. The molecule has 0 spiro atoms. The van der Waals surface area contributed by atoms with Crippen LogP contribution in [0.3, 0.4) is 0 Å². The fourth-order valence-corrected chi connectivity index (χ4v) is 4.27. The number of nitrogens with zero attached hydrogens (tertiary/aromatic N) is 2. The van der Waals surface area contributed by atoms with Crippen molar-refractivity contribution in [3.63, 3.8) is 0 Å². The Balaban J connectivity index is 1.77. The van der Waals surface area contributed by atoms with E-state index in [2.05, 4.69) is 11.9 Å². The minimum atomic E-state index is -3.57. The van der Waals surface area contributed by atoms with Crippen LogP contribution in [0.25, 0.3) is 17.4 Å². The zero-order valence-corrected chi connectivity index (χ0v) is 17.0. The van der Waals surface area contributed by atoms with Gasteiger partial charge in [-0.3, -0.25) is 4.79 Å². The van der Waals surface area contributed by atoms with Gasteiger partial charge >= 0.3 is 0 Å². The molecular formula is C21H21N3O5S. The number of hydrogen-bond acceptors (Lipinski definition) is 6. The molecule has 2 aromatic rings. The molecule has 0 saturated carbocycles. The molecule has 1 aromatic heterocycles. The highest BCUT2D eigenvalue weighted by molar-refractivity contribution is 7.89. The van der Waals surface area contributed by atoms with Crippen molar-refractivity contribution >= 4 is 22.0 Å². The highest BCUT2D eigenvalue weighted by Crippen LogP contribution is 2.26. The van der Waals surface area contributed by atoms with E-state index in [9.17, 15) is 18.5 Å². The Bertz CT molecular complexity index is 1090. The van der Waals surface area contributed by atoms with Crippen LogP contribution >= 0.6 is 0 Å². The van der Waals surface area contributed by atoms with E-state index in [1.54, 1.807) is 24.3 Å². The molecule has 0 unspecified atom stereocenters.